The van der Waals surface area contributed by atoms with Crippen LogP contribution in [0.4, 0.5) is 0 Å². The van der Waals surface area contributed by atoms with Gasteiger partial charge in [0.05, 0.1) is 6.26 Å². The van der Waals surface area contributed by atoms with Gasteiger partial charge in [-0.25, -0.2) is 0 Å². The molecule has 2 heterocycles. The molecule has 0 aliphatic carbocycles. The summed E-state index contributed by atoms with van der Waals surface area (Å²) in [6, 6.07) is 14.0. The molecule has 20 heavy (non-hydrogen) atoms. The Balaban J connectivity index is 1.62. The second-order valence-electron chi connectivity index (χ2n) is 4.81. The van der Waals surface area contributed by atoms with Gasteiger partial charge in [-0.05, 0) is 24.1 Å². The summed E-state index contributed by atoms with van der Waals surface area (Å²) in [5, 5.41) is 0.0493. The highest BCUT2D eigenvalue weighted by Gasteiger charge is 2.31. The van der Waals surface area contributed by atoms with E-state index < -0.39 is 0 Å². The van der Waals surface area contributed by atoms with Gasteiger partial charge in [-0.15, -0.1) is 11.8 Å². The number of hydrogen-bond donors (Lipinski definition) is 0. The first-order valence-electron chi connectivity index (χ1n) is 6.83. The van der Waals surface area contributed by atoms with E-state index in [9.17, 15) is 4.79 Å². The first kappa shape index (κ1) is 13.3. The molecule has 1 aliphatic rings. The Hall–Kier alpha value is -1.68. The van der Waals surface area contributed by atoms with E-state index in [1.807, 2.05) is 35.2 Å². The minimum atomic E-state index is 0.0493. The normalized spacial score (nSPS) is 18.4. The maximum absolute atomic E-state index is 12.4. The Labute approximate surface area is 123 Å². The van der Waals surface area contributed by atoms with Crippen molar-refractivity contribution in [3.63, 3.8) is 0 Å². The van der Waals surface area contributed by atoms with Gasteiger partial charge in [-0.3, -0.25) is 4.79 Å². The molecule has 1 atom stereocenters. The van der Waals surface area contributed by atoms with Gasteiger partial charge < -0.3 is 9.32 Å². The van der Waals surface area contributed by atoms with Gasteiger partial charge in [-0.1, -0.05) is 30.3 Å². The molecule has 1 aromatic heterocycles. The van der Waals surface area contributed by atoms with Crippen molar-refractivity contribution in [3.8, 4) is 0 Å². The second-order valence-corrected chi connectivity index (χ2v) is 6.00. The summed E-state index contributed by atoms with van der Waals surface area (Å²) in [6.45, 7) is 0.809. The highest BCUT2D eigenvalue weighted by atomic mass is 32.2. The van der Waals surface area contributed by atoms with Crippen molar-refractivity contribution in [2.45, 2.75) is 18.2 Å². The van der Waals surface area contributed by atoms with Crippen LogP contribution in [0.2, 0.25) is 0 Å². The standard InChI is InChI=1S/C16H17NO2S/c18-15(9-8-13-5-2-1-3-6-13)17-10-12-20-16(17)14-7-4-11-19-14/h1-7,11,16H,8-10,12H2/t16-/m1/s1. The van der Waals surface area contributed by atoms with E-state index in [1.54, 1.807) is 18.0 Å². The van der Waals surface area contributed by atoms with Gasteiger partial charge in [0.2, 0.25) is 5.91 Å². The molecule has 1 aliphatic heterocycles. The molecule has 3 nitrogen and oxygen atoms in total. The molecule has 104 valence electrons. The van der Waals surface area contributed by atoms with Crippen LogP contribution < -0.4 is 0 Å². The Kier molecular flexibility index (Phi) is 4.11. The summed E-state index contributed by atoms with van der Waals surface area (Å²) in [5.74, 6) is 2.06. The topological polar surface area (TPSA) is 33.5 Å². The van der Waals surface area contributed by atoms with Crippen LogP contribution in [0.5, 0.6) is 0 Å². The van der Waals surface area contributed by atoms with Crippen LogP contribution in [0.15, 0.2) is 53.1 Å². The molecule has 4 heteroatoms. The highest BCUT2D eigenvalue weighted by Crippen LogP contribution is 2.38. The minimum Gasteiger partial charge on any atom is -0.466 e. The first-order valence-corrected chi connectivity index (χ1v) is 7.88. The molecular formula is C16H17NO2S. The molecule has 0 N–H and O–H groups in total. The van der Waals surface area contributed by atoms with Crippen LogP contribution in [0.3, 0.4) is 0 Å². The van der Waals surface area contributed by atoms with Gasteiger partial charge in [0.1, 0.15) is 11.1 Å². The Morgan fingerprint density at radius 1 is 1.25 bits per heavy atom. The number of hydrogen-bond acceptors (Lipinski definition) is 3. The maximum Gasteiger partial charge on any atom is 0.224 e. The number of rotatable bonds is 4. The number of nitrogens with zero attached hydrogens (tertiary/aromatic N) is 1. The SMILES string of the molecule is O=C(CCc1ccccc1)N1CCS[C@@H]1c1ccco1. The molecular weight excluding hydrogens is 270 g/mol. The largest absolute Gasteiger partial charge is 0.466 e. The van der Waals surface area contributed by atoms with Crippen molar-refractivity contribution in [1.29, 1.82) is 0 Å². The summed E-state index contributed by atoms with van der Waals surface area (Å²) >= 11 is 1.77. The molecule has 0 spiro atoms. The van der Waals surface area contributed by atoms with Crippen molar-refractivity contribution >= 4 is 17.7 Å². The van der Waals surface area contributed by atoms with Crippen molar-refractivity contribution in [2.75, 3.05) is 12.3 Å². The van der Waals surface area contributed by atoms with E-state index in [4.69, 9.17) is 4.42 Å². The number of aryl methyl sites for hydroxylation is 1. The average Bonchev–Trinajstić information content (AvgIpc) is 3.15. The molecule has 0 unspecified atom stereocenters. The molecule has 2 aromatic rings. The van der Waals surface area contributed by atoms with E-state index in [1.165, 1.54) is 5.56 Å². The third-order valence-corrected chi connectivity index (χ3v) is 4.69. The van der Waals surface area contributed by atoms with E-state index in [2.05, 4.69) is 12.1 Å². The number of amides is 1. The molecule has 1 fully saturated rings. The monoisotopic (exact) mass is 287 g/mol. The number of furan rings is 1. The fraction of sp³-hybridized carbons (Fsp3) is 0.312. The van der Waals surface area contributed by atoms with E-state index >= 15 is 0 Å². The lowest BCUT2D eigenvalue weighted by molar-refractivity contribution is -0.131. The zero-order chi connectivity index (χ0) is 13.8. The third kappa shape index (κ3) is 2.90. The van der Waals surface area contributed by atoms with Crippen LogP contribution in [-0.4, -0.2) is 23.1 Å². The van der Waals surface area contributed by atoms with Gasteiger partial charge in [0, 0.05) is 18.7 Å². The predicted octanol–water partition coefficient (Wildman–Crippen LogP) is 3.49. The van der Waals surface area contributed by atoms with Crippen LogP contribution in [0.1, 0.15) is 23.1 Å². The Bertz CT molecular complexity index is 553. The minimum absolute atomic E-state index is 0.0493. The molecule has 1 aromatic carbocycles. The number of carbonyl (C=O) groups is 1. The zero-order valence-corrected chi connectivity index (χ0v) is 12.0. The van der Waals surface area contributed by atoms with Crippen LogP contribution in [-0.2, 0) is 11.2 Å². The maximum atomic E-state index is 12.4. The third-order valence-electron chi connectivity index (χ3n) is 3.47. The summed E-state index contributed by atoms with van der Waals surface area (Å²) in [6.07, 6.45) is 3.02. The van der Waals surface area contributed by atoms with Gasteiger partial charge in [0.15, 0.2) is 0 Å². The van der Waals surface area contributed by atoms with Crippen molar-refractivity contribution in [3.05, 3.63) is 60.1 Å². The molecule has 1 saturated heterocycles. The lowest BCUT2D eigenvalue weighted by Gasteiger charge is -2.22. The molecule has 0 radical (unpaired) electrons. The highest BCUT2D eigenvalue weighted by molar-refractivity contribution is 7.99. The fourth-order valence-corrected chi connectivity index (χ4v) is 3.66. The average molecular weight is 287 g/mol. The molecule has 1 amide bonds. The van der Waals surface area contributed by atoms with Gasteiger partial charge in [-0.2, -0.15) is 0 Å². The summed E-state index contributed by atoms with van der Waals surface area (Å²) in [7, 11) is 0. The van der Waals surface area contributed by atoms with Crippen molar-refractivity contribution < 1.29 is 9.21 Å². The summed E-state index contributed by atoms with van der Waals surface area (Å²) < 4.78 is 5.45. The number of thioether (sulfide) groups is 1. The quantitative estimate of drug-likeness (QED) is 0.863. The van der Waals surface area contributed by atoms with Crippen LogP contribution >= 0.6 is 11.8 Å². The Morgan fingerprint density at radius 3 is 2.85 bits per heavy atom. The van der Waals surface area contributed by atoms with Crippen LogP contribution in [0, 0.1) is 0 Å². The predicted molar refractivity (Wildman–Crippen MR) is 80.4 cm³/mol. The summed E-state index contributed by atoms with van der Waals surface area (Å²) in [4.78, 5) is 14.3. The van der Waals surface area contributed by atoms with Gasteiger partial charge >= 0.3 is 0 Å². The first-order chi connectivity index (χ1) is 9.84. The lowest BCUT2D eigenvalue weighted by Crippen LogP contribution is -2.30. The molecule has 3 rings (SSSR count). The van der Waals surface area contributed by atoms with Crippen LogP contribution in [0.25, 0.3) is 0 Å². The zero-order valence-electron chi connectivity index (χ0n) is 11.2. The fourth-order valence-electron chi connectivity index (χ4n) is 2.43. The lowest BCUT2D eigenvalue weighted by atomic mass is 10.1. The van der Waals surface area contributed by atoms with Crippen molar-refractivity contribution in [1.82, 2.24) is 4.90 Å². The van der Waals surface area contributed by atoms with Crippen molar-refractivity contribution in [2.24, 2.45) is 0 Å². The van der Waals surface area contributed by atoms with Gasteiger partial charge in [0.25, 0.3) is 0 Å². The van der Waals surface area contributed by atoms with E-state index in [-0.39, 0.29) is 11.3 Å². The van der Waals surface area contributed by atoms with E-state index in [0.717, 1.165) is 24.5 Å². The molecule has 0 saturated carbocycles. The Morgan fingerprint density at radius 2 is 2.10 bits per heavy atom. The number of benzene rings is 1. The number of carbonyl (C=O) groups excluding carboxylic acids is 1. The van der Waals surface area contributed by atoms with E-state index in [0.29, 0.717) is 6.42 Å². The summed E-state index contributed by atoms with van der Waals surface area (Å²) in [5.41, 5.74) is 1.21. The molecule has 0 bridgehead atoms. The smallest absolute Gasteiger partial charge is 0.224 e. The second kappa shape index (κ2) is 6.18.